The molecule has 1 heterocycles. The third-order valence-corrected chi connectivity index (χ3v) is 8.74. The number of nitrogens with zero attached hydrogens (tertiary/aromatic N) is 1. The molecule has 1 unspecified atom stereocenters. The zero-order valence-electron chi connectivity index (χ0n) is 23.0. The first-order valence-electron chi connectivity index (χ1n) is 14.2. The summed E-state index contributed by atoms with van der Waals surface area (Å²) in [6.45, 7) is 1.25. The van der Waals surface area contributed by atoms with E-state index in [2.05, 4.69) is 10.6 Å². The molecular weight excluding hydrogens is 565 g/mol. The lowest BCUT2D eigenvalue weighted by Crippen LogP contribution is -2.52. The molecule has 1 saturated carbocycles. The fourth-order valence-corrected chi connectivity index (χ4v) is 6.62. The summed E-state index contributed by atoms with van der Waals surface area (Å²) in [6, 6.07) is 12.3. The van der Waals surface area contributed by atoms with Gasteiger partial charge in [-0.1, -0.05) is 66.4 Å². The fraction of sp³-hybridized carbons (Fsp3) is 0.484. The molecule has 3 N–H and O–H groups in total. The van der Waals surface area contributed by atoms with Crippen molar-refractivity contribution in [2.45, 2.75) is 76.3 Å². The smallest absolute Gasteiger partial charge is 0.305 e. The standard InChI is InChI=1S/C31H37Cl2N3O5/c32-23-17-22(18-24(33)19-23)29(40)35-26(30(41)36-14-12-31(13-15-36)10-4-5-11-31)8-9-27(37)34-25(20-28(38)39)16-21-6-2-1-3-7-21/h1-3,6-7,17-19,25-26H,4-5,8-16,20H2,(H,34,37)(H,35,40)(H,38,39)/t25-,26?/m1/s1. The number of amides is 3. The van der Waals surface area contributed by atoms with Gasteiger partial charge in [0.1, 0.15) is 6.04 Å². The van der Waals surface area contributed by atoms with E-state index in [4.69, 9.17) is 23.2 Å². The maximum absolute atomic E-state index is 13.7. The second-order valence-electron chi connectivity index (χ2n) is 11.3. The summed E-state index contributed by atoms with van der Waals surface area (Å²) in [5.41, 5.74) is 1.45. The predicted molar refractivity (Wildman–Crippen MR) is 158 cm³/mol. The molecule has 41 heavy (non-hydrogen) atoms. The summed E-state index contributed by atoms with van der Waals surface area (Å²) in [5, 5.41) is 15.6. The Morgan fingerprint density at radius 2 is 1.54 bits per heavy atom. The minimum absolute atomic E-state index is 0.0598. The van der Waals surface area contributed by atoms with Gasteiger partial charge in [0.25, 0.3) is 5.91 Å². The Balaban J connectivity index is 1.42. The molecule has 8 nitrogen and oxygen atoms in total. The Kier molecular flexibility index (Phi) is 10.7. The molecule has 1 aliphatic carbocycles. The van der Waals surface area contributed by atoms with E-state index in [-0.39, 0.29) is 36.6 Å². The third kappa shape index (κ3) is 8.94. The average Bonchev–Trinajstić information content (AvgIpc) is 3.38. The minimum Gasteiger partial charge on any atom is -0.481 e. The number of rotatable bonds is 11. The second-order valence-corrected chi connectivity index (χ2v) is 12.2. The molecule has 0 bridgehead atoms. The number of halogens is 2. The normalized spacial score (nSPS) is 17.6. The van der Waals surface area contributed by atoms with Gasteiger partial charge in [-0.2, -0.15) is 0 Å². The molecule has 10 heteroatoms. The molecule has 2 aromatic carbocycles. The zero-order valence-corrected chi connectivity index (χ0v) is 24.6. The maximum Gasteiger partial charge on any atom is 0.305 e. The van der Waals surface area contributed by atoms with E-state index in [0.29, 0.717) is 35.0 Å². The van der Waals surface area contributed by atoms with Crippen molar-refractivity contribution in [3.05, 3.63) is 69.7 Å². The van der Waals surface area contributed by atoms with Gasteiger partial charge in [-0.3, -0.25) is 19.2 Å². The maximum atomic E-state index is 13.7. The topological polar surface area (TPSA) is 116 Å². The summed E-state index contributed by atoms with van der Waals surface area (Å²) in [5.74, 6) is -2.13. The van der Waals surface area contributed by atoms with E-state index < -0.39 is 24.0 Å². The summed E-state index contributed by atoms with van der Waals surface area (Å²) in [7, 11) is 0. The largest absolute Gasteiger partial charge is 0.481 e. The first kappa shape index (κ1) is 30.8. The van der Waals surface area contributed by atoms with Crippen molar-refractivity contribution in [1.29, 1.82) is 0 Å². The number of aliphatic carboxylic acids is 1. The quantitative estimate of drug-likeness (QED) is 0.325. The van der Waals surface area contributed by atoms with Crippen molar-refractivity contribution in [3.63, 3.8) is 0 Å². The van der Waals surface area contributed by atoms with E-state index in [1.807, 2.05) is 30.3 Å². The van der Waals surface area contributed by atoms with Crippen molar-refractivity contribution < 1.29 is 24.3 Å². The van der Waals surface area contributed by atoms with Gasteiger partial charge in [-0.05, 0) is 67.7 Å². The van der Waals surface area contributed by atoms with Gasteiger partial charge in [0.2, 0.25) is 11.8 Å². The van der Waals surface area contributed by atoms with Gasteiger partial charge in [0.05, 0.1) is 6.42 Å². The third-order valence-electron chi connectivity index (χ3n) is 8.30. The van der Waals surface area contributed by atoms with Crippen LogP contribution in [0.2, 0.25) is 10.0 Å². The molecule has 220 valence electrons. The molecule has 2 atom stereocenters. The number of likely N-dealkylation sites (tertiary alicyclic amines) is 1. The average molecular weight is 603 g/mol. The van der Waals surface area contributed by atoms with Crippen molar-refractivity contribution in [2.75, 3.05) is 13.1 Å². The molecule has 3 amide bonds. The van der Waals surface area contributed by atoms with Crippen LogP contribution >= 0.6 is 23.2 Å². The Morgan fingerprint density at radius 3 is 2.15 bits per heavy atom. The molecular formula is C31H37Cl2N3O5. The molecule has 4 rings (SSSR count). The highest BCUT2D eigenvalue weighted by molar-refractivity contribution is 6.35. The monoisotopic (exact) mass is 601 g/mol. The van der Waals surface area contributed by atoms with E-state index in [1.54, 1.807) is 4.90 Å². The second kappa shape index (κ2) is 14.2. The van der Waals surface area contributed by atoms with Crippen LogP contribution in [0.4, 0.5) is 0 Å². The SMILES string of the molecule is O=C(O)C[C@@H](Cc1ccccc1)NC(=O)CCC(NC(=O)c1cc(Cl)cc(Cl)c1)C(=O)N1CCC2(CCCC2)CC1. The van der Waals surface area contributed by atoms with Crippen LogP contribution < -0.4 is 10.6 Å². The molecule has 2 fully saturated rings. The van der Waals surface area contributed by atoms with Crippen LogP contribution in [0.3, 0.4) is 0 Å². The lowest BCUT2D eigenvalue weighted by Gasteiger charge is -2.40. The van der Waals surface area contributed by atoms with Gasteiger partial charge >= 0.3 is 5.97 Å². The Bertz CT molecular complexity index is 1220. The molecule has 2 aromatic rings. The van der Waals surface area contributed by atoms with Gasteiger partial charge < -0.3 is 20.6 Å². The molecule has 1 aliphatic heterocycles. The van der Waals surface area contributed by atoms with Gasteiger partial charge in [-0.25, -0.2) is 0 Å². The van der Waals surface area contributed by atoms with Crippen molar-refractivity contribution in [3.8, 4) is 0 Å². The van der Waals surface area contributed by atoms with Crippen LogP contribution in [-0.4, -0.2) is 58.9 Å². The number of carboxylic acids is 1. The summed E-state index contributed by atoms with van der Waals surface area (Å²) in [6.07, 6.45) is 6.90. The molecule has 0 aromatic heterocycles. The molecule has 0 radical (unpaired) electrons. The van der Waals surface area contributed by atoms with E-state index in [1.165, 1.54) is 43.9 Å². The molecule has 1 spiro atoms. The lowest BCUT2D eigenvalue weighted by atomic mass is 9.77. The lowest BCUT2D eigenvalue weighted by molar-refractivity contribution is -0.137. The number of carbonyl (C=O) groups is 4. The number of hydrogen-bond acceptors (Lipinski definition) is 4. The van der Waals surface area contributed by atoms with E-state index in [9.17, 15) is 24.3 Å². The van der Waals surface area contributed by atoms with E-state index in [0.717, 1.165) is 18.4 Å². The van der Waals surface area contributed by atoms with Crippen LogP contribution in [0, 0.1) is 5.41 Å². The van der Waals surface area contributed by atoms with Crippen LogP contribution in [0.15, 0.2) is 48.5 Å². The van der Waals surface area contributed by atoms with E-state index >= 15 is 0 Å². The number of hydrogen-bond donors (Lipinski definition) is 3. The van der Waals surface area contributed by atoms with Gasteiger partial charge in [0.15, 0.2) is 0 Å². The zero-order chi connectivity index (χ0) is 29.4. The van der Waals surface area contributed by atoms with Crippen LogP contribution in [0.25, 0.3) is 0 Å². The summed E-state index contributed by atoms with van der Waals surface area (Å²) < 4.78 is 0. The number of piperidine rings is 1. The summed E-state index contributed by atoms with van der Waals surface area (Å²) in [4.78, 5) is 53.0. The molecule has 2 aliphatic rings. The predicted octanol–water partition coefficient (Wildman–Crippen LogP) is 5.26. The van der Waals surface area contributed by atoms with Crippen molar-refractivity contribution in [2.24, 2.45) is 5.41 Å². The van der Waals surface area contributed by atoms with Crippen LogP contribution in [0.5, 0.6) is 0 Å². The van der Waals surface area contributed by atoms with Gasteiger partial charge in [-0.15, -0.1) is 0 Å². The number of nitrogens with one attached hydrogen (secondary N) is 2. The molecule has 1 saturated heterocycles. The number of benzene rings is 2. The van der Waals surface area contributed by atoms with Crippen molar-refractivity contribution >= 4 is 46.9 Å². The van der Waals surface area contributed by atoms with Crippen LogP contribution in [0.1, 0.15) is 73.7 Å². The first-order chi connectivity index (χ1) is 19.6. The van der Waals surface area contributed by atoms with Crippen LogP contribution in [-0.2, 0) is 20.8 Å². The first-order valence-corrected chi connectivity index (χ1v) is 15.0. The van der Waals surface area contributed by atoms with Gasteiger partial charge in [0, 0.05) is 41.2 Å². The Morgan fingerprint density at radius 1 is 0.902 bits per heavy atom. The number of carbonyl (C=O) groups excluding carboxylic acids is 3. The van der Waals surface area contributed by atoms with Crippen molar-refractivity contribution in [1.82, 2.24) is 15.5 Å². The fourth-order valence-electron chi connectivity index (χ4n) is 6.09. The minimum atomic E-state index is -1.02. The number of carboxylic acid groups (broad SMARTS) is 1. The highest BCUT2D eigenvalue weighted by atomic mass is 35.5. The highest BCUT2D eigenvalue weighted by Crippen LogP contribution is 2.46. The summed E-state index contributed by atoms with van der Waals surface area (Å²) >= 11 is 12.2. The Hall–Kier alpha value is -3.10. The Labute approximate surface area is 250 Å². The highest BCUT2D eigenvalue weighted by Gasteiger charge is 2.39.